The second-order valence-corrected chi connectivity index (χ2v) is 4.83. The Kier molecular flexibility index (Phi) is 4.91. The number of carbonyl (C=O) groups is 1. The third-order valence-corrected chi connectivity index (χ3v) is 3.27. The molecule has 0 fully saturated rings. The Bertz CT molecular complexity index is 576. The molecule has 3 N–H and O–H groups in total. The standard InChI is InChI=1S/C17H20N2O/c1-13-4-2-3-5-16(13)15-8-6-14(7-9-15)12-19-17(20)10-11-18/h2-9H,10-12,18H2,1H3,(H,19,20). The van der Waals surface area contributed by atoms with Crippen LogP contribution in [-0.2, 0) is 11.3 Å². The third-order valence-electron chi connectivity index (χ3n) is 3.27. The Morgan fingerprint density at radius 1 is 1.10 bits per heavy atom. The molecule has 0 saturated carbocycles. The van der Waals surface area contributed by atoms with Crippen LogP contribution < -0.4 is 11.1 Å². The van der Waals surface area contributed by atoms with Gasteiger partial charge in [0.1, 0.15) is 0 Å². The molecule has 3 heteroatoms. The Morgan fingerprint density at radius 2 is 1.80 bits per heavy atom. The van der Waals surface area contributed by atoms with Gasteiger partial charge in [0.15, 0.2) is 0 Å². The molecule has 0 unspecified atom stereocenters. The number of aryl methyl sites for hydroxylation is 1. The van der Waals surface area contributed by atoms with Crippen molar-refractivity contribution in [2.45, 2.75) is 19.9 Å². The molecular weight excluding hydrogens is 248 g/mol. The van der Waals surface area contributed by atoms with Gasteiger partial charge in [-0.3, -0.25) is 4.79 Å². The number of hydrogen-bond donors (Lipinski definition) is 2. The number of benzene rings is 2. The molecule has 104 valence electrons. The first-order valence-electron chi connectivity index (χ1n) is 6.82. The summed E-state index contributed by atoms with van der Waals surface area (Å²) in [6, 6.07) is 16.6. The molecule has 2 aromatic rings. The van der Waals surface area contributed by atoms with Crippen LogP contribution in [0.1, 0.15) is 17.5 Å². The summed E-state index contributed by atoms with van der Waals surface area (Å²) in [5.41, 5.74) is 10.1. The molecule has 0 bridgehead atoms. The number of rotatable bonds is 5. The number of hydrogen-bond acceptors (Lipinski definition) is 2. The zero-order valence-electron chi connectivity index (χ0n) is 11.7. The number of carbonyl (C=O) groups excluding carboxylic acids is 1. The van der Waals surface area contributed by atoms with E-state index in [-0.39, 0.29) is 5.91 Å². The van der Waals surface area contributed by atoms with E-state index in [0.29, 0.717) is 19.5 Å². The summed E-state index contributed by atoms with van der Waals surface area (Å²) in [5, 5.41) is 2.85. The van der Waals surface area contributed by atoms with E-state index in [1.807, 2.05) is 24.3 Å². The van der Waals surface area contributed by atoms with Gasteiger partial charge in [0.05, 0.1) is 0 Å². The number of nitrogens with two attached hydrogens (primary N) is 1. The normalized spacial score (nSPS) is 10.3. The van der Waals surface area contributed by atoms with Crippen molar-refractivity contribution in [2.24, 2.45) is 5.73 Å². The molecule has 1 amide bonds. The van der Waals surface area contributed by atoms with Gasteiger partial charge < -0.3 is 11.1 Å². The molecule has 20 heavy (non-hydrogen) atoms. The minimum absolute atomic E-state index is 0.00418. The van der Waals surface area contributed by atoms with Gasteiger partial charge in [-0.05, 0) is 29.2 Å². The first-order chi connectivity index (χ1) is 9.70. The predicted molar refractivity (Wildman–Crippen MR) is 82.1 cm³/mol. The van der Waals surface area contributed by atoms with Gasteiger partial charge in [0.25, 0.3) is 0 Å². The van der Waals surface area contributed by atoms with Crippen molar-refractivity contribution >= 4 is 5.91 Å². The van der Waals surface area contributed by atoms with Crippen LogP contribution in [0.25, 0.3) is 11.1 Å². The zero-order chi connectivity index (χ0) is 14.4. The second kappa shape index (κ2) is 6.87. The van der Waals surface area contributed by atoms with Crippen LogP contribution in [0, 0.1) is 6.92 Å². The molecule has 0 aliphatic carbocycles. The van der Waals surface area contributed by atoms with E-state index in [2.05, 4.69) is 36.5 Å². The lowest BCUT2D eigenvalue weighted by molar-refractivity contribution is -0.121. The first-order valence-corrected chi connectivity index (χ1v) is 6.82. The van der Waals surface area contributed by atoms with Crippen molar-refractivity contribution in [3.05, 3.63) is 59.7 Å². The summed E-state index contributed by atoms with van der Waals surface area (Å²) in [6.45, 7) is 3.04. The van der Waals surface area contributed by atoms with Gasteiger partial charge in [-0.15, -0.1) is 0 Å². The maximum Gasteiger partial charge on any atom is 0.221 e. The Balaban J connectivity index is 2.03. The summed E-state index contributed by atoms with van der Waals surface area (Å²) in [4.78, 5) is 11.4. The Morgan fingerprint density at radius 3 is 2.45 bits per heavy atom. The fraction of sp³-hybridized carbons (Fsp3) is 0.235. The third kappa shape index (κ3) is 3.68. The van der Waals surface area contributed by atoms with Gasteiger partial charge in [0.2, 0.25) is 5.91 Å². The Labute approximate surface area is 119 Å². The van der Waals surface area contributed by atoms with E-state index in [4.69, 9.17) is 5.73 Å². The maximum absolute atomic E-state index is 11.4. The SMILES string of the molecule is Cc1ccccc1-c1ccc(CNC(=O)CCN)cc1. The fourth-order valence-electron chi connectivity index (χ4n) is 2.12. The van der Waals surface area contributed by atoms with Crippen molar-refractivity contribution in [1.82, 2.24) is 5.32 Å². The molecule has 2 rings (SSSR count). The van der Waals surface area contributed by atoms with Crippen molar-refractivity contribution in [2.75, 3.05) is 6.54 Å². The van der Waals surface area contributed by atoms with Crippen molar-refractivity contribution in [1.29, 1.82) is 0 Å². The zero-order valence-corrected chi connectivity index (χ0v) is 11.7. The van der Waals surface area contributed by atoms with Gasteiger partial charge in [-0.25, -0.2) is 0 Å². The molecule has 0 heterocycles. The smallest absolute Gasteiger partial charge is 0.221 e. The van der Waals surface area contributed by atoms with Crippen LogP contribution in [0.15, 0.2) is 48.5 Å². The highest BCUT2D eigenvalue weighted by Crippen LogP contribution is 2.23. The van der Waals surface area contributed by atoms with Crippen LogP contribution >= 0.6 is 0 Å². The molecule has 0 atom stereocenters. The topological polar surface area (TPSA) is 55.1 Å². The van der Waals surface area contributed by atoms with Crippen molar-refractivity contribution in [3.8, 4) is 11.1 Å². The number of amides is 1. The largest absolute Gasteiger partial charge is 0.352 e. The highest BCUT2D eigenvalue weighted by atomic mass is 16.1. The lowest BCUT2D eigenvalue weighted by Gasteiger charge is -2.08. The van der Waals surface area contributed by atoms with Gasteiger partial charge in [-0.1, -0.05) is 48.5 Å². The Hall–Kier alpha value is -2.13. The van der Waals surface area contributed by atoms with Crippen LogP contribution in [0.2, 0.25) is 0 Å². The molecule has 0 saturated heterocycles. The summed E-state index contributed by atoms with van der Waals surface area (Å²) >= 11 is 0. The lowest BCUT2D eigenvalue weighted by atomic mass is 10.00. The lowest BCUT2D eigenvalue weighted by Crippen LogP contribution is -2.24. The minimum Gasteiger partial charge on any atom is -0.352 e. The molecule has 0 radical (unpaired) electrons. The molecule has 0 spiro atoms. The average molecular weight is 268 g/mol. The van der Waals surface area contributed by atoms with Crippen molar-refractivity contribution < 1.29 is 4.79 Å². The van der Waals surface area contributed by atoms with Crippen LogP contribution in [-0.4, -0.2) is 12.5 Å². The molecule has 0 aromatic heterocycles. The van der Waals surface area contributed by atoms with Crippen LogP contribution in [0.5, 0.6) is 0 Å². The minimum atomic E-state index is -0.00418. The molecule has 3 nitrogen and oxygen atoms in total. The molecular formula is C17H20N2O. The van der Waals surface area contributed by atoms with E-state index in [1.165, 1.54) is 16.7 Å². The fourth-order valence-corrected chi connectivity index (χ4v) is 2.12. The quantitative estimate of drug-likeness (QED) is 0.876. The van der Waals surface area contributed by atoms with E-state index in [1.54, 1.807) is 0 Å². The highest BCUT2D eigenvalue weighted by molar-refractivity contribution is 5.76. The average Bonchev–Trinajstić information content (AvgIpc) is 2.47. The first kappa shape index (κ1) is 14.3. The molecule has 0 aliphatic heterocycles. The molecule has 0 aliphatic rings. The van der Waals surface area contributed by atoms with Gasteiger partial charge in [-0.2, -0.15) is 0 Å². The monoisotopic (exact) mass is 268 g/mol. The summed E-state index contributed by atoms with van der Waals surface area (Å²) in [5.74, 6) is -0.00418. The van der Waals surface area contributed by atoms with Crippen molar-refractivity contribution in [3.63, 3.8) is 0 Å². The predicted octanol–water partition coefficient (Wildman–Crippen LogP) is 2.63. The maximum atomic E-state index is 11.4. The van der Waals surface area contributed by atoms with Crippen LogP contribution in [0.3, 0.4) is 0 Å². The van der Waals surface area contributed by atoms with E-state index in [9.17, 15) is 4.79 Å². The number of nitrogens with one attached hydrogen (secondary N) is 1. The summed E-state index contributed by atoms with van der Waals surface area (Å²) < 4.78 is 0. The van der Waals surface area contributed by atoms with E-state index < -0.39 is 0 Å². The van der Waals surface area contributed by atoms with Crippen LogP contribution in [0.4, 0.5) is 0 Å². The highest BCUT2D eigenvalue weighted by Gasteiger charge is 2.02. The van der Waals surface area contributed by atoms with Gasteiger partial charge in [0, 0.05) is 19.5 Å². The van der Waals surface area contributed by atoms with E-state index in [0.717, 1.165) is 5.56 Å². The second-order valence-electron chi connectivity index (χ2n) is 4.83. The van der Waals surface area contributed by atoms with E-state index >= 15 is 0 Å². The van der Waals surface area contributed by atoms with Gasteiger partial charge >= 0.3 is 0 Å². The summed E-state index contributed by atoms with van der Waals surface area (Å²) in [6.07, 6.45) is 0.376. The summed E-state index contributed by atoms with van der Waals surface area (Å²) in [7, 11) is 0. The molecule has 2 aromatic carbocycles.